The summed E-state index contributed by atoms with van der Waals surface area (Å²) in [5.74, 6) is -1.55. The van der Waals surface area contributed by atoms with Gasteiger partial charge in [0.1, 0.15) is 6.04 Å². The SMILES string of the molecule is CC(=O)O.CCCCC(=O)N(Cc1ccc(-c2ccccc2-c2nnn[nH]2)cc1)C(C(=O)O)C(C)C. The molecular weight excluding hydrogens is 462 g/mol. The van der Waals surface area contributed by atoms with Gasteiger partial charge in [0.25, 0.3) is 5.97 Å². The number of carboxylic acid groups (broad SMARTS) is 2. The summed E-state index contributed by atoms with van der Waals surface area (Å²) in [5, 5.41) is 31.3. The molecule has 1 heterocycles. The Labute approximate surface area is 210 Å². The van der Waals surface area contributed by atoms with E-state index < -0.39 is 18.0 Å². The Balaban J connectivity index is 0.00000106. The van der Waals surface area contributed by atoms with Gasteiger partial charge in [0.2, 0.25) is 5.91 Å². The predicted molar refractivity (Wildman–Crippen MR) is 135 cm³/mol. The zero-order valence-electron chi connectivity index (χ0n) is 21.0. The normalized spacial score (nSPS) is 11.4. The average Bonchev–Trinajstić information content (AvgIpc) is 3.37. The lowest BCUT2D eigenvalue weighted by molar-refractivity contribution is -0.153. The second-order valence-electron chi connectivity index (χ2n) is 8.66. The molecular formula is C26H33N5O5. The summed E-state index contributed by atoms with van der Waals surface area (Å²) in [6, 6.07) is 14.8. The number of hydrogen-bond donors (Lipinski definition) is 3. The molecule has 1 aromatic heterocycles. The first-order valence-corrected chi connectivity index (χ1v) is 11.8. The largest absolute Gasteiger partial charge is 0.481 e. The lowest BCUT2D eigenvalue weighted by Gasteiger charge is -2.32. The Bertz CT molecular complexity index is 1130. The highest BCUT2D eigenvalue weighted by Gasteiger charge is 2.32. The average molecular weight is 496 g/mol. The van der Waals surface area contributed by atoms with Crippen LogP contribution in [0.25, 0.3) is 22.5 Å². The Morgan fingerprint density at radius 3 is 2.11 bits per heavy atom. The third-order valence-electron chi connectivity index (χ3n) is 5.43. The Kier molecular flexibility index (Phi) is 10.7. The van der Waals surface area contributed by atoms with Gasteiger partial charge >= 0.3 is 5.97 Å². The van der Waals surface area contributed by atoms with Gasteiger partial charge in [-0.2, -0.15) is 0 Å². The van der Waals surface area contributed by atoms with Gasteiger partial charge in [-0.1, -0.05) is 75.7 Å². The van der Waals surface area contributed by atoms with Crippen LogP contribution >= 0.6 is 0 Å². The number of carbonyl (C=O) groups is 3. The van der Waals surface area contributed by atoms with Gasteiger partial charge in [-0.15, -0.1) is 5.10 Å². The number of nitrogens with zero attached hydrogens (tertiary/aromatic N) is 4. The second kappa shape index (κ2) is 13.7. The number of hydrogen-bond acceptors (Lipinski definition) is 6. The van der Waals surface area contributed by atoms with E-state index in [1.54, 1.807) is 0 Å². The number of H-pyrrole nitrogens is 1. The van der Waals surface area contributed by atoms with Crippen LogP contribution < -0.4 is 0 Å². The van der Waals surface area contributed by atoms with Gasteiger partial charge in [-0.05, 0) is 39.5 Å². The number of tetrazole rings is 1. The lowest BCUT2D eigenvalue weighted by Crippen LogP contribution is -2.47. The number of carboxylic acids is 2. The fourth-order valence-electron chi connectivity index (χ4n) is 3.79. The standard InChI is InChI=1S/C24H29N5O3.C2H4O2/c1-4-5-10-21(30)29(22(16(2)3)24(31)32)15-17-11-13-18(14-12-17)19-8-6-7-9-20(19)23-25-27-28-26-23;1-2(3)4/h6-9,11-14,16,22H,4-5,10,15H2,1-3H3,(H,31,32)(H,25,26,27,28);1H3,(H,3,4). The quantitative estimate of drug-likeness (QED) is 0.378. The number of aromatic amines is 1. The summed E-state index contributed by atoms with van der Waals surface area (Å²) >= 11 is 0. The summed E-state index contributed by atoms with van der Waals surface area (Å²) in [6.07, 6.45) is 1.98. The molecule has 0 aliphatic carbocycles. The monoisotopic (exact) mass is 495 g/mol. The second-order valence-corrected chi connectivity index (χ2v) is 8.66. The number of amides is 1. The van der Waals surface area contributed by atoms with Crippen LogP contribution in [0.3, 0.4) is 0 Å². The van der Waals surface area contributed by atoms with Crippen LogP contribution in [0, 0.1) is 5.92 Å². The molecule has 0 fully saturated rings. The van der Waals surface area contributed by atoms with Gasteiger partial charge in [0.05, 0.1) is 0 Å². The van der Waals surface area contributed by atoms with Crippen LogP contribution in [0.5, 0.6) is 0 Å². The fraction of sp³-hybridized carbons (Fsp3) is 0.385. The topological polar surface area (TPSA) is 149 Å². The minimum absolute atomic E-state index is 0.125. The number of carbonyl (C=O) groups excluding carboxylic acids is 1. The van der Waals surface area contributed by atoms with Crippen molar-refractivity contribution in [3.8, 4) is 22.5 Å². The van der Waals surface area contributed by atoms with Crippen LogP contribution in [-0.2, 0) is 20.9 Å². The molecule has 1 atom stereocenters. The number of rotatable bonds is 10. The molecule has 0 radical (unpaired) electrons. The molecule has 0 aliphatic heterocycles. The fourth-order valence-corrected chi connectivity index (χ4v) is 3.79. The zero-order chi connectivity index (χ0) is 26.7. The molecule has 3 aromatic rings. The highest BCUT2D eigenvalue weighted by atomic mass is 16.4. The summed E-state index contributed by atoms with van der Waals surface area (Å²) < 4.78 is 0. The number of aromatic nitrogens is 4. The molecule has 2 aromatic carbocycles. The lowest BCUT2D eigenvalue weighted by atomic mass is 9.97. The van der Waals surface area contributed by atoms with Crippen LogP contribution in [0.15, 0.2) is 48.5 Å². The summed E-state index contributed by atoms with van der Waals surface area (Å²) in [7, 11) is 0. The maximum atomic E-state index is 12.9. The molecule has 10 heteroatoms. The molecule has 0 saturated heterocycles. The summed E-state index contributed by atoms with van der Waals surface area (Å²) in [4.78, 5) is 35.3. The third kappa shape index (κ3) is 8.00. The van der Waals surface area contributed by atoms with E-state index >= 15 is 0 Å². The van der Waals surface area contributed by atoms with Crippen LogP contribution in [0.1, 0.15) is 52.5 Å². The van der Waals surface area contributed by atoms with Crippen molar-refractivity contribution in [3.05, 3.63) is 54.1 Å². The smallest absolute Gasteiger partial charge is 0.326 e. The van der Waals surface area contributed by atoms with Crippen molar-refractivity contribution in [2.45, 2.75) is 59.5 Å². The first-order valence-electron chi connectivity index (χ1n) is 11.8. The van der Waals surface area contributed by atoms with Crippen molar-refractivity contribution in [1.29, 1.82) is 0 Å². The van der Waals surface area contributed by atoms with E-state index in [0.29, 0.717) is 12.2 Å². The van der Waals surface area contributed by atoms with E-state index in [0.717, 1.165) is 42.0 Å². The van der Waals surface area contributed by atoms with Crippen LogP contribution in [-0.4, -0.2) is 59.6 Å². The Hall–Kier alpha value is -4.08. The first kappa shape index (κ1) is 28.2. The van der Waals surface area contributed by atoms with Crippen LogP contribution in [0.4, 0.5) is 0 Å². The highest BCUT2D eigenvalue weighted by molar-refractivity contribution is 5.84. The molecule has 10 nitrogen and oxygen atoms in total. The Morgan fingerprint density at radius 2 is 1.61 bits per heavy atom. The van der Waals surface area contributed by atoms with E-state index in [1.807, 2.05) is 69.3 Å². The molecule has 3 rings (SSSR count). The van der Waals surface area contributed by atoms with Crippen molar-refractivity contribution in [2.75, 3.05) is 0 Å². The van der Waals surface area contributed by atoms with E-state index in [1.165, 1.54) is 4.90 Å². The molecule has 0 spiro atoms. The maximum Gasteiger partial charge on any atom is 0.326 e. The van der Waals surface area contributed by atoms with Crippen molar-refractivity contribution >= 4 is 17.8 Å². The van der Waals surface area contributed by atoms with Gasteiger partial charge in [0.15, 0.2) is 5.82 Å². The van der Waals surface area contributed by atoms with E-state index in [2.05, 4.69) is 20.6 Å². The van der Waals surface area contributed by atoms with E-state index in [9.17, 15) is 14.7 Å². The van der Waals surface area contributed by atoms with Gasteiger partial charge in [-0.3, -0.25) is 9.59 Å². The highest BCUT2D eigenvalue weighted by Crippen LogP contribution is 2.30. The third-order valence-corrected chi connectivity index (χ3v) is 5.43. The van der Waals surface area contributed by atoms with Gasteiger partial charge in [0, 0.05) is 25.5 Å². The number of benzene rings is 2. The molecule has 36 heavy (non-hydrogen) atoms. The summed E-state index contributed by atoms with van der Waals surface area (Å²) in [5.41, 5.74) is 3.71. The molecule has 3 N–H and O–H groups in total. The number of nitrogens with one attached hydrogen (secondary N) is 1. The molecule has 1 unspecified atom stereocenters. The molecule has 1 amide bonds. The van der Waals surface area contributed by atoms with Crippen molar-refractivity contribution in [3.63, 3.8) is 0 Å². The molecule has 0 aliphatic rings. The minimum Gasteiger partial charge on any atom is -0.481 e. The van der Waals surface area contributed by atoms with Crippen LogP contribution in [0.2, 0.25) is 0 Å². The predicted octanol–water partition coefficient (Wildman–Crippen LogP) is 4.25. The Morgan fingerprint density at radius 1 is 1.00 bits per heavy atom. The van der Waals surface area contributed by atoms with Crippen molar-refractivity contribution in [1.82, 2.24) is 25.5 Å². The van der Waals surface area contributed by atoms with E-state index in [4.69, 9.17) is 9.90 Å². The number of aliphatic carboxylic acids is 2. The minimum atomic E-state index is -0.976. The maximum absolute atomic E-state index is 12.9. The van der Waals surface area contributed by atoms with E-state index in [-0.39, 0.29) is 18.4 Å². The molecule has 0 bridgehead atoms. The molecule has 0 saturated carbocycles. The van der Waals surface area contributed by atoms with Gasteiger partial charge in [-0.25, -0.2) is 9.89 Å². The number of unbranched alkanes of at least 4 members (excludes halogenated alkanes) is 1. The van der Waals surface area contributed by atoms with Gasteiger partial charge < -0.3 is 15.1 Å². The summed E-state index contributed by atoms with van der Waals surface area (Å²) in [6.45, 7) is 7.01. The van der Waals surface area contributed by atoms with Crippen molar-refractivity contribution < 1.29 is 24.6 Å². The first-order chi connectivity index (χ1) is 17.1. The van der Waals surface area contributed by atoms with Crippen molar-refractivity contribution in [2.24, 2.45) is 5.92 Å². The zero-order valence-corrected chi connectivity index (χ0v) is 21.0. The molecule has 192 valence electrons.